The van der Waals surface area contributed by atoms with Crippen molar-refractivity contribution in [3.8, 4) is 5.75 Å². The van der Waals surface area contributed by atoms with E-state index in [2.05, 4.69) is 4.90 Å². The molecule has 2 aliphatic heterocycles. The number of carbonyl (C=O) groups is 2. The molecular formula is C24H29N3O4. The summed E-state index contributed by atoms with van der Waals surface area (Å²) in [7, 11) is 1.57. The summed E-state index contributed by atoms with van der Waals surface area (Å²) in [5.41, 5.74) is 1.24. The summed E-state index contributed by atoms with van der Waals surface area (Å²) in [6, 6.07) is 16.8. The highest BCUT2D eigenvalue weighted by Crippen LogP contribution is 2.38. The number of urea groups is 1. The van der Waals surface area contributed by atoms with Crippen molar-refractivity contribution >= 4 is 11.9 Å². The lowest BCUT2D eigenvalue weighted by atomic mass is 9.85. The minimum atomic E-state index is -0.810. The second-order valence-electron chi connectivity index (χ2n) is 8.28. The topological polar surface area (TPSA) is 73.3 Å². The largest absolute Gasteiger partial charge is 0.508 e. The van der Waals surface area contributed by atoms with E-state index in [1.165, 1.54) is 4.90 Å². The van der Waals surface area contributed by atoms with Crippen LogP contribution in [0.15, 0.2) is 54.6 Å². The number of amides is 3. The van der Waals surface area contributed by atoms with Crippen LogP contribution < -0.4 is 0 Å². The van der Waals surface area contributed by atoms with Gasteiger partial charge in [0, 0.05) is 33.3 Å². The van der Waals surface area contributed by atoms with E-state index in [0.717, 1.165) is 11.1 Å². The molecule has 4 rings (SSSR count). The fourth-order valence-corrected chi connectivity index (χ4v) is 4.62. The average Bonchev–Trinajstić information content (AvgIpc) is 2.96. The Balaban J connectivity index is 1.53. The summed E-state index contributed by atoms with van der Waals surface area (Å²) in [5.74, 6) is 0.146. The molecule has 0 atom stereocenters. The van der Waals surface area contributed by atoms with E-state index in [1.54, 1.807) is 24.1 Å². The van der Waals surface area contributed by atoms with Crippen LogP contribution in [0.4, 0.5) is 4.79 Å². The third-order valence-electron chi connectivity index (χ3n) is 6.32. The number of aromatic hydroxyl groups is 1. The summed E-state index contributed by atoms with van der Waals surface area (Å²) < 4.78 is 5.13. The SMILES string of the molecule is COCCN1C(=O)N(Cc2ccccc2)C2(CCN(Cc3cccc(O)c3)CC2)C1=O. The van der Waals surface area contributed by atoms with Crippen LogP contribution in [0.25, 0.3) is 0 Å². The predicted molar refractivity (Wildman–Crippen MR) is 116 cm³/mol. The quantitative estimate of drug-likeness (QED) is 0.694. The van der Waals surface area contributed by atoms with Gasteiger partial charge in [0.05, 0.1) is 13.2 Å². The van der Waals surface area contributed by atoms with E-state index in [-0.39, 0.29) is 24.2 Å². The number of phenols is 1. The Bertz CT molecular complexity index is 925. The number of methoxy groups -OCH3 is 1. The first kappa shape index (κ1) is 21.3. The molecule has 0 bridgehead atoms. The van der Waals surface area contributed by atoms with Crippen molar-refractivity contribution in [1.82, 2.24) is 14.7 Å². The van der Waals surface area contributed by atoms with Crippen molar-refractivity contribution in [2.45, 2.75) is 31.5 Å². The third kappa shape index (κ3) is 4.29. The number of piperidine rings is 1. The Morgan fingerprint density at radius 2 is 1.68 bits per heavy atom. The number of phenolic OH excluding ortho intramolecular Hbond substituents is 1. The smallest absolute Gasteiger partial charge is 0.328 e. The van der Waals surface area contributed by atoms with Gasteiger partial charge in [-0.15, -0.1) is 0 Å². The van der Waals surface area contributed by atoms with Crippen molar-refractivity contribution in [2.24, 2.45) is 0 Å². The second kappa shape index (κ2) is 9.08. The molecule has 0 radical (unpaired) electrons. The number of benzene rings is 2. The minimum absolute atomic E-state index is 0.109. The number of likely N-dealkylation sites (tertiary alicyclic amines) is 1. The number of nitrogens with zero attached hydrogens (tertiary/aromatic N) is 3. The van der Waals surface area contributed by atoms with Gasteiger partial charge in [-0.3, -0.25) is 14.6 Å². The third-order valence-corrected chi connectivity index (χ3v) is 6.32. The van der Waals surface area contributed by atoms with Gasteiger partial charge in [-0.2, -0.15) is 0 Å². The number of rotatable bonds is 7. The van der Waals surface area contributed by atoms with Gasteiger partial charge >= 0.3 is 6.03 Å². The van der Waals surface area contributed by atoms with Gasteiger partial charge in [-0.05, 0) is 36.1 Å². The molecule has 31 heavy (non-hydrogen) atoms. The van der Waals surface area contributed by atoms with Crippen LogP contribution in [0.2, 0.25) is 0 Å². The van der Waals surface area contributed by atoms with Gasteiger partial charge < -0.3 is 14.7 Å². The van der Waals surface area contributed by atoms with Crippen LogP contribution in [-0.4, -0.2) is 70.6 Å². The average molecular weight is 424 g/mol. The van der Waals surface area contributed by atoms with Gasteiger partial charge in [0.25, 0.3) is 5.91 Å². The van der Waals surface area contributed by atoms with Crippen molar-refractivity contribution in [1.29, 1.82) is 0 Å². The molecule has 2 saturated heterocycles. The normalized spacial score (nSPS) is 18.9. The van der Waals surface area contributed by atoms with Crippen LogP contribution in [0.3, 0.4) is 0 Å². The van der Waals surface area contributed by atoms with E-state index in [1.807, 2.05) is 42.5 Å². The molecule has 1 spiro atoms. The van der Waals surface area contributed by atoms with Crippen LogP contribution >= 0.6 is 0 Å². The van der Waals surface area contributed by atoms with Crippen molar-refractivity contribution in [2.75, 3.05) is 33.4 Å². The van der Waals surface area contributed by atoms with Gasteiger partial charge in [0.2, 0.25) is 0 Å². The summed E-state index contributed by atoms with van der Waals surface area (Å²) in [6.45, 7) is 3.14. The molecule has 7 heteroatoms. The van der Waals surface area contributed by atoms with Gasteiger partial charge in [-0.25, -0.2) is 4.79 Å². The molecule has 3 amide bonds. The fourth-order valence-electron chi connectivity index (χ4n) is 4.62. The molecule has 2 aliphatic rings. The van der Waals surface area contributed by atoms with Crippen LogP contribution in [0.1, 0.15) is 24.0 Å². The lowest BCUT2D eigenvalue weighted by molar-refractivity contribution is -0.136. The maximum atomic E-state index is 13.5. The van der Waals surface area contributed by atoms with Crippen LogP contribution in [0, 0.1) is 0 Å². The van der Waals surface area contributed by atoms with Gasteiger partial charge in [-0.1, -0.05) is 42.5 Å². The predicted octanol–water partition coefficient (Wildman–Crippen LogP) is 2.84. The van der Waals surface area contributed by atoms with E-state index in [0.29, 0.717) is 45.6 Å². The van der Waals surface area contributed by atoms with E-state index >= 15 is 0 Å². The fraction of sp³-hybridized carbons (Fsp3) is 0.417. The van der Waals surface area contributed by atoms with Gasteiger partial charge in [0.15, 0.2) is 0 Å². The molecule has 0 aliphatic carbocycles. The molecule has 0 aromatic heterocycles. The lowest BCUT2D eigenvalue weighted by Crippen LogP contribution is -2.56. The molecule has 2 heterocycles. The molecule has 1 N–H and O–H groups in total. The Hall–Kier alpha value is -2.90. The Morgan fingerprint density at radius 1 is 0.968 bits per heavy atom. The van der Waals surface area contributed by atoms with E-state index in [9.17, 15) is 14.7 Å². The van der Waals surface area contributed by atoms with Crippen molar-refractivity contribution in [3.63, 3.8) is 0 Å². The Kier molecular flexibility index (Phi) is 6.25. The maximum Gasteiger partial charge on any atom is 0.328 e. The molecule has 2 aromatic carbocycles. The van der Waals surface area contributed by atoms with Crippen LogP contribution in [0.5, 0.6) is 5.75 Å². The highest BCUT2D eigenvalue weighted by molar-refractivity contribution is 6.07. The zero-order chi connectivity index (χ0) is 21.8. The van der Waals surface area contributed by atoms with Crippen molar-refractivity contribution < 1.29 is 19.4 Å². The first-order valence-electron chi connectivity index (χ1n) is 10.7. The molecule has 7 nitrogen and oxygen atoms in total. The molecule has 0 saturated carbocycles. The zero-order valence-electron chi connectivity index (χ0n) is 17.9. The first-order chi connectivity index (χ1) is 15.0. The highest BCUT2D eigenvalue weighted by atomic mass is 16.5. The monoisotopic (exact) mass is 423 g/mol. The number of ether oxygens (including phenoxy) is 1. The number of hydrogen-bond donors (Lipinski definition) is 1. The van der Waals surface area contributed by atoms with E-state index < -0.39 is 5.54 Å². The molecule has 2 aromatic rings. The molecule has 0 unspecified atom stereocenters. The Morgan fingerprint density at radius 3 is 2.35 bits per heavy atom. The summed E-state index contributed by atoms with van der Waals surface area (Å²) >= 11 is 0. The number of hydrogen-bond acceptors (Lipinski definition) is 5. The number of imide groups is 1. The van der Waals surface area contributed by atoms with Gasteiger partial charge in [0.1, 0.15) is 11.3 Å². The van der Waals surface area contributed by atoms with Crippen LogP contribution in [-0.2, 0) is 22.6 Å². The van der Waals surface area contributed by atoms with E-state index in [4.69, 9.17) is 4.74 Å². The standard InChI is InChI=1S/C24H29N3O4/c1-31-15-14-26-22(29)24(27(23(26)30)18-19-6-3-2-4-7-19)10-12-25(13-11-24)17-20-8-5-9-21(28)16-20/h2-9,16,28H,10-15,17-18H2,1H3. The summed E-state index contributed by atoms with van der Waals surface area (Å²) in [6.07, 6.45) is 1.18. The zero-order valence-corrected chi connectivity index (χ0v) is 17.9. The summed E-state index contributed by atoms with van der Waals surface area (Å²) in [5, 5.41) is 9.73. The molecule has 164 valence electrons. The second-order valence-corrected chi connectivity index (χ2v) is 8.28. The molecular weight excluding hydrogens is 394 g/mol. The molecule has 2 fully saturated rings. The first-order valence-corrected chi connectivity index (χ1v) is 10.7. The Labute approximate surface area is 182 Å². The maximum absolute atomic E-state index is 13.5. The lowest BCUT2D eigenvalue weighted by Gasteiger charge is -2.42. The van der Waals surface area contributed by atoms with Crippen molar-refractivity contribution in [3.05, 3.63) is 65.7 Å². The highest BCUT2D eigenvalue weighted by Gasteiger charge is 2.57. The minimum Gasteiger partial charge on any atom is -0.508 e. The number of carbonyl (C=O) groups excluding carboxylic acids is 2. The summed E-state index contributed by atoms with van der Waals surface area (Å²) in [4.78, 5) is 32.1.